The molecular weight excluding hydrogens is 520 g/mol. The molecule has 0 bridgehead atoms. The number of nitrogens with zero attached hydrogens (tertiary/aromatic N) is 6. The number of fused-ring (bicyclic) bond motifs is 2. The van der Waals surface area contributed by atoms with E-state index >= 15 is 8.78 Å². The van der Waals surface area contributed by atoms with Crippen molar-refractivity contribution < 1.29 is 27.1 Å². The molecule has 1 aromatic carbocycles. The zero-order valence-electron chi connectivity index (χ0n) is 24.6. The van der Waals surface area contributed by atoms with Gasteiger partial charge in [0.15, 0.2) is 11.9 Å². The Morgan fingerprint density at radius 1 is 1.15 bits per heavy atom. The molecule has 1 fully saturated rings. The monoisotopic (exact) mass is 550 g/mol. The number of benzene rings is 1. The van der Waals surface area contributed by atoms with E-state index in [9.17, 15) is 0 Å². The molecule has 6 rings (SSSR count). The lowest BCUT2D eigenvalue weighted by molar-refractivity contribution is -0.135. The van der Waals surface area contributed by atoms with Gasteiger partial charge in [0.1, 0.15) is 23.6 Å². The van der Waals surface area contributed by atoms with Gasteiger partial charge in [-0.05, 0) is 55.9 Å². The number of halogens is 2. The van der Waals surface area contributed by atoms with E-state index in [2.05, 4.69) is 25.4 Å². The Bertz CT molecular complexity index is 1800. The maximum atomic E-state index is 15.0. The molecule has 1 aliphatic heterocycles. The van der Waals surface area contributed by atoms with E-state index in [1.807, 2.05) is 31.2 Å². The van der Waals surface area contributed by atoms with Gasteiger partial charge in [0.05, 0.1) is 46.5 Å². The summed E-state index contributed by atoms with van der Waals surface area (Å²) in [4.78, 5) is 14.1. The van der Waals surface area contributed by atoms with E-state index in [1.165, 1.54) is 17.4 Å². The first-order chi connectivity index (χ1) is 20.4. The predicted octanol–water partition coefficient (Wildman–Crippen LogP) is 5.24. The summed E-state index contributed by atoms with van der Waals surface area (Å²) in [6, 6.07) is 11.0. The summed E-state index contributed by atoms with van der Waals surface area (Å²) in [7, 11) is -1.31. The number of aryl methyl sites for hydroxylation is 1. The number of piperidine rings is 1. The molecule has 1 atom stereocenters. The van der Waals surface area contributed by atoms with Crippen LogP contribution in [0.5, 0.6) is 23.1 Å². The zero-order valence-corrected chi connectivity index (χ0v) is 21.6. The lowest BCUT2D eigenvalue weighted by Crippen LogP contribution is -2.52. The molecule has 1 N–H and O–H groups in total. The van der Waals surface area contributed by atoms with Crippen LogP contribution < -0.4 is 19.5 Å². The van der Waals surface area contributed by atoms with E-state index in [4.69, 9.17) is 18.3 Å². The second-order valence-electron chi connectivity index (χ2n) is 9.64. The number of pyridine rings is 2. The van der Waals surface area contributed by atoms with Crippen LogP contribution in [0.1, 0.15) is 16.1 Å². The van der Waals surface area contributed by atoms with Crippen molar-refractivity contribution in [1.29, 1.82) is 0 Å². The standard InChI is InChI=1S/C28H27F2N7O3/c1-17-12-18(4-7-22(17)39-20-6-5-19-8-10-34-37(19)14-20)35-26-24-21(32-16-33-26)13-31-27(38-3)25(24)40-23-9-11-36(2)15-28(23,29)30/h4-8,10,12-14,16,23H,9,11,15H2,1-3H3,(H,32,33,35)/t23-/m1/s1/i3D3. The van der Waals surface area contributed by atoms with Crippen molar-refractivity contribution in [2.24, 2.45) is 0 Å². The molecule has 5 aromatic rings. The first-order valence-corrected chi connectivity index (χ1v) is 12.5. The van der Waals surface area contributed by atoms with E-state index in [-0.39, 0.29) is 28.9 Å². The summed E-state index contributed by atoms with van der Waals surface area (Å²) in [6.45, 7) is 1.71. The molecule has 0 radical (unpaired) electrons. The molecule has 0 spiro atoms. The topological polar surface area (TPSA) is 98.9 Å². The smallest absolute Gasteiger partial charge is 0.296 e. The Hall–Kier alpha value is -4.58. The first-order valence-electron chi connectivity index (χ1n) is 14.0. The fourth-order valence-electron chi connectivity index (χ4n) is 4.72. The van der Waals surface area contributed by atoms with E-state index in [0.717, 1.165) is 11.1 Å². The summed E-state index contributed by atoms with van der Waals surface area (Å²) in [5, 5.41) is 7.55. The molecule has 4 aromatic heterocycles. The van der Waals surface area contributed by atoms with Gasteiger partial charge in [-0.25, -0.2) is 28.2 Å². The van der Waals surface area contributed by atoms with Gasteiger partial charge in [0.25, 0.3) is 11.8 Å². The van der Waals surface area contributed by atoms with Gasteiger partial charge in [-0.15, -0.1) is 0 Å². The number of aromatic nitrogens is 5. The number of anilines is 2. The number of methoxy groups -OCH3 is 1. The average molecular weight is 551 g/mol. The summed E-state index contributed by atoms with van der Waals surface area (Å²) in [5.74, 6) is -2.57. The molecule has 10 nitrogen and oxygen atoms in total. The second kappa shape index (κ2) is 10.2. The van der Waals surface area contributed by atoms with Crippen molar-refractivity contribution in [2.75, 3.05) is 32.5 Å². The van der Waals surface area contributed by atoms with Crippen molar-refractivity contribution in [3.63, 3.8) is 0 Å². The van der Waals surface area contributed by atoms with Crippen LogP contribution in [-0.2, 0) is 0 Å². The van der Waals surface area contributed by atoms with E-state index in [1.54, 1.807) is 36.1 Å². The Morgan fingerprint density at radius 3 is 2.88 bits per heavy atom. The zero-order chi connectivity index (χ0) is 30.4. The average Bonchev–Trinajstić information content (AvgIpc) is 3.40. The molecule has 5 heterocycles. The van der Waals surface area contributed by atoms with Crippen LogP contribution in [0.2, 0.25) is 0 Å². The fraction of sp³-hybridized carbons (Fsp3) is 0.286. The Labute approximate surface area is 232 Å². The number of rotatable bonds is 7. The summed E-state index contributed by atoms with van der Waals surface area (Å²) in [6.07, 6.45) is 4.48. The van der Waals surface area contributed by atoms with Crippen molar-refractivity contribution in [1.82, 2.24) is 29.5 Å². The molecule has 1 aliphatic rings. The van der Waals surface area contributed by atoms with Gasteiger partial charge < -0.3 is 24.4 Å². The van der Waals surface area contributed by atoms with Gasteiger partial charge >= 0.3 is 0 Å². The van der Waals surface area contributed by atoms with Crippen LogP contribution >= 0.6 is 0 Å². The van der Waals surface area contributed by atoms with Crippen molar-refractivity contribution in [2.45, 2.75) is 25.4 Å². The minimum absolute atomic E-state index is 0.00244. The maximum Gasteiger partial charge on any atom is 0.296 e. The number of alkyl halides is 2. The summed E-state index contributed by atoms with van der Waals surface area (Å²) >= 11 is 0. The molecule has 0 saturated carbocycles. The Kier molecular flexibility index (Phi) is 5.67. The van der Waals surface area contributed by atoms with Crippen LogP contribution in [0.15, 0.2) is 61.3 Å². The first kappa shape index (κ1) is 22.3. The predicted molar refractivity (Wildman–Crippen MR) is 145 cm³/mol. The van der Waals surface area contributed by atoms with Crippen LogP contribution in [0.4, 0.5) is 20.3 Å². The van der Waals surface area contributed by atoms with Crippen molar-refractivity contribution in [3.05, 3.63) is 66.9 Å². The quantitative estimate of drug-likeness (QED) is 0.292. The number of ether oxygens (including phenoxy) is 3. The third-order valence-electron chi connectivity index (χ3n) is 6.72. The highest BCUT2D eigenvalue weighted by molar-refractivity contribution is 5.96. The van der Waals surface area contributed by atoms with Gasteiger partial charge in [0, 0.05) is 24.8 Å². The van der Waals surface area contributed by atoms with E-state index in [0.29, 0.717) is 23.7 Å². The number of hydrogen-bond acceptors (Lipinski definition) is 9. The molecule has 12 heteroatoms. The van der Waals surface area contributed by atoms with Gasteiger partial charge in [-0.1, -0.05) is 0 Å². The fourth-order valence-corrected chi connectivity index (χ4v) is 4.72. The third-order valence-corrected chi connectivity index (χ3v) is 6.72. The number of nitrogens with one attached hydrogen (secondary N) is 1. The van der Waals surface area contributed by atoms with Crippen LogP contribution in [0, 0.1) is 6.92 Å². The lowest BCUT2D eigenvalue weighted by Gasteiger charge is -2.36. The molecule has 0 amide bonds. The SMILES string of the molecule is [2H]C([2H])([2H])Oc1ncc2ncnc(Nc3ccc(Oc4ccc5ccnn5c4)c(C)c3)c2c1O[C@@H]1CCN(C)CC1(F)F. The largest absolute Gasteiger partial charge is 0.478 e. The third kappa shape index (κ3) is 4.93. The molecule has 206 valence electrons. The summed E-state index contributed by atoms with van der Waals surface area (Å²) < 4.78 is 71.5. The van der Waals surface area contributed by atoms with Crippen LogP contribution in [0.3, 0.4) is 0 Å². The molecule has 1 saturated heterocycles. The minimum Gasteiger partial charge on any atom is -0.478 e. The number of hydrogen-bond donors (Lipinski definition) is 1. The van der Waals surface area contributed by atoms with Gasteiger partial charge in [-0.3, -0.25) is 0 Å². The Balaban J connectivity index is 1.34. The normalized spacial score (nSPS) is 18.6. The highest BCUT2D eigenvalue weighted by Gasteiger charge is 2.46. The minimum atomic E-state index is -3.22. The van der Waals surface area contributed by atoms with Crippen molar-refractivity contribution in [3.8, 4) is 23.1 Å². The molecule has 40 heavy (non-hydrogen) atoms. The van der Waals surface area contributed by atoms with E-state index < -0.39 is 31.5 Å². The second-order valence-corrected chi connectivity index (χ2v) is 9.64. The highest BCUT2D eigenvalue weighted by Crippen LogP contribution is 2.41. The van der Waals surface area contributed by atoms with Crippen molar-refractivity contribution >= 4 is 27.9 Å². The molecular formula is C28H27F2N7O3. The molecule has 0 aliphatic carbocycles. The lowest BCUT2D eigenvalue weighted by atomic mass is 10.0. The Morgan fingerprint density at radius 2 is 2.05 bits per heavy atom. The maximum absolute atomic E-state index is 15.0. The number of likely N-dealkylation sites (tertiary alicyclic amines) is 1. The summed E-state index contributed by atoms with van der Waals surface area (Å²) in [5.41, 5.74) is 2.57. The highest BCUT2D eigenvalue weighted by atomic mass is 19.3. The molecule has 0 unspecified atom stereocenters. The van der Waals surface area contributed by atoms with Crippen LogP contribution in [-0.4, -0.2) is 68.7 Å². The van der Waals surface area contributed by atoms with Gasteiger partial charge in [-0.2, -0.15) is 5.10 Å². The van der Waals surface area contributed by atoms with Crippen LogP contribution in [0.25, 0.3) is 16.4 Å². The van der Waals surface area contributed by atoms with Gasteiger partial charge in [0.2, 0.25) is 0 Å².